The van der Waals surface area contributed by atoms with Crippen LogP contribution in [-0.4, -0.2) is 46.5 Å². The van der Waals surface area contributed by atoms with Crippen LogP contribution in [0.25, 0.3) is 0 Å². The predicted molar refractivity (Wildman–Crippen MR) is 91.5 cm³/mol. The maximum atomic E-state index is 12.4. The summed E-state index contributed by atoms with van der Waals surface area (Å²) >= 11 is 0. The molecule has 2 amide bonds. The molecule has 1 aliphatic heterocycles. The van der Waals surface area contributed by atoms with Gasteiger partial charge >= 0.3 is 6.03 Å². The van der Waals surface area contributed by atoms with Crippen molar-refractivity contribution in [3.8, 4) is 0 Å². The van der Waals surface area contributed by atoms with E-state index < -0.39 is 0 Å². The van der Waals surface area contributed by atoms with Gasteiger partial charge in [-0.1, -0.05) is 30.3 Å². The minimum Gasteiger partial charge on any atom is -0.375 e. The molecule has 0 aliphatic carbocycles. The minimum atomic E-state index is -0.0378. The molecule has 24 heavy (non-hydrogen) atoms. The Balaban J connectivity index is 1.46. The maximum Gasteiger partial charge on any atom is 0.317 e. The summed E-state index contributed by atoms with van der Waals surface area (Å²) in [6, 6.07) is 12.2. The molecule has 1 N–H and O–H groups in total. The van der Waals surface area contributed by atoms with Crippen LogP contribution in [-0.2, 0) is 24.8 Å². The summed E-state index contributed by atoms with van der Waals surface area (Å²) in [4.78, 5) is 14.2. The zero-order chi connectivity index (χ0) is 16.8. The molecular formula is C18H24N4O2. The molecule has 1 aromatic heterocycles. The fourth-order valence-corrected chi connectivity index (χ4v) is 2.90. The molecule has 0 radical (unpaired) electrons. The van der Waals surface area contributed by atoms with Crippen LogP contribution in [0.1, 0.15) is 17.7 Å². The van der Waals surface area contributed by atoms with Crippen molar-refractivity contribution in [3.05, 3.63) is 53.9 Å². The molecule has 2 aromatic rings. The molecule has 2 heterocycles. The molecule has 1 fully saturated rings. The van der Waals surface area contributed by atoms with E-state index in [-0.39, 0.29) is 12.1 Å². The number of carbonyl (C=O) groups is 1. The number of nitrogens with zero attached hydrogens (tertiary/aromatic N) is 3. The SMILES string of the molecule is Cn1nccc1CNC(=O)N1CCO[C@@H](CCc2ccccc2)C1. The van der Waals surface area contributed by atoms with Gasteiger partial charge in [-0.25, -0.2) is 4.79 Å². The first kappa shape index (κ1) is 16.5. The Morgan fingerprint density at radius 1 is 1.33 bits per heavy atom. The fourth-order valence-electron chi connectivity index (χ4n) is 2.90. The number of aryl methyl sites for hydroxylation is 2. The van der Waals surface area contributed by atoms with Gasteiger partial charge in [-0.3, -0.25) is 4.68 Å². The second-order valence-corrected chi connectivity index (χ2v) is 6.07. The highest BCUT2D eigenvalue weighted by atomic mass is 16.5. The lowest BCUT2D eigenvalue weighted by atomic mass is 10.1. The van der Waals surface area contributed by atoms with Gasteiger partial charge in [-0.05, 0) is 24.5 Å². The number of rotatable bonds is 5. The zero-order valence-electron chi connectivity index (χ0n) is 14.0. The van der Waals surface area contributed by atoms with E-state index in [2.05, 4.69) is 34.7 Å². The van der Waals surface area contributed by atoms with Crippen LogP contribution in [0.3, 0.4) is 0 Å². The monoisotopic (exact) mass is 328 g/mol. The second-order valence-electron chi connectivity index (χ2n) is 6.07. The van der Waals surface area contributed by atoms with Crippen molar-refractivity contribution >= 4 is 6.03 Å². The van der Waals surface area contributed by atoms with Crippen LogP contribution in [0.5, 0.6) is 0 Å². The van der Waals surface area contributed by atoms with E-state index in [1.807, 2.05) is 24.1 Å². The number of aromatic nitrogens is 2. The molecule has 3 rings (SSSR count). The number of urea groups is 1. The van der Waals surface area contributed by atoms with E-state index in [1.165, 1.54) is 5.56 Å². The van der Waals surface area contributed by atoms with Crippen molar-refractivity contribution in [3.63, 3.8) is 0 Å². The Morgan fingerprint density at radius 2 is 2.17 bits per heavy atom. The van der Waals surface area contributed by atoms with Gasteiger partial charge in [0.25, 0.3) is 0 Å². The Morgan fingerprint density at radius 3 is 2.92 bits per heavy atom. The molecule has 6 nitrogen and oxygen atoms in total. The molecule has 1 atom stereocenters. The standard InChI is InChI=1S/C18H24N4O2/c1-21-16(9-10-20-21)13-19-18(23)22-11-12-24-17(14-22)8-7-15-5-3-2-4-6-15/h2-6,9-10,17H,7-8,11-14H2,1H3,(H,19,23)/t17-/m0/s1. The lowest BCUT2D eigenvalue weighted by Gasteiger charge is -2.33. The number of benzene rings is 1. The molecule has 1 aromatic carbocycles. The number of morpholine rings is 1. The number of ether oxygens (including phenoxy) is 1. The van der Waals surface area contributed by atoms with Crippen molar-refractivity contribution in [2.75, 3.05) is 19.7 Å². The number of hydrogen-bond acceptors (Lipinski definition) is 3. The summed E-state index contributed by atoms with van der Waals surface area (Å²) in [5, 5.41) is 7.06. The normalized spacial score (nSPS) is 17.7. The summed E-state index contributed by atoms with van der Waals surface area (Å²) in [5.74, 6) is 0. The summed E-state index contributed by atoms with van der Waals surface area (Å²) in [7, 11) is 1.87. The van der Waals surface area contributed by atoms with Gasteiger partial charge < -0.3 is 15.0 Å². The average Bonchev–Trinajstić information content (AvgIpc) is 3.04. The van der Waals surface area contributed by atoms with E-state index in [0.717, 1.165) is 18.5 Å². The molecule has 128 valence electrons. The minimum absolute atomic E-state index is 0.0378. The quantitative estimate of drug-likeness (QED) is 0.913. The highest BCUT2D eigenvalue weighted by Crippen LogP contribution is 2.13. The highest BCUT2D eigenvalue weighted by Gasteiger charge is 2.24. The first-order chi connectivity index (χ1) is 11.7. The second kappa shape index (κ2) is 7.97. The maximum absolute atomic E-state index is 12.4. The molecular weight excluding hydrogens is 304 g/mol. The smallest absolute Gasteiger partial charge is 0.317 e. The lowest BCUT2D eigenvalue weighted by molar-refractivity contribution is -0.0176. The van der Waals surface area contributed by atoms with Crippen LogP contribution >= 0.6 is 0 Å². The van der Waals surface area contributed by atoms with Crippen molar-refractivity contribution in [2.45, 2.75) is 25.5 Å². The topological polar surface area (TPSA) is 59.4 Å². The van der Waals surface area contributed by atoms with Gasteiger partial charge in [-0.2, -0.15) is 5.10 Å². The van der Waals surface area contributed by atoms with Crippen molar-refractivity contribution in [1.29, 1.82) is 0 Å². The Bertz CT molecular complexity index is 656. The van der Waals surface area contributed by atoms with Gasteiger partial charge in [0.1, 0.15) is 0 Å². The van der Waals surface area contributed by atoms with Crippen LogP contribution in [0.4, 0.5) is 4.79 Å². The van der Waals surface area contributed by atoms with Gasteiger partial charge in [0.15, 0.2) is 0 Å². The third-order valence-corrected chi connectivity index (χ3v) is 4.37. The lowest BCUT2D eigenvalue weighted by Crippen LogP contribution is -2.49. The number of nitrogens with one attached hydrogen (secondary N) is 1. The van der Waals surface area contributed by atoms with Crippen LogP contribution < -0.4 is 5.32 Å². The van der Waals surface area contributed by atoms with Gasteiger partial charge in [0.05, 0.1) is 24.9 Å². The number of carbonyl (C=O) groups excluding carboxylic acids is 1. The summed E-state index contributed by atoms with van der Waals surface area (Å²) in [5.41, 5.74) is 2.29. The first-order valence-corrected chi connectivity index (χ1v) is 8.37. The predicted octanol–water partition coefficient (Wildman–Crippen LogP) is 1.96. The molecule has 1 saturated heterocycles. The fraction of sp³-hybridized carbons (Fsp3) is 0.444. The molecule has 0 spiro atoms. The highest BCUT2D eigenvalue weighted by molar-refractivity contribution is 5.74. The van der Waals surface area contributed by atoms with Crippen molar-refractivity contribution in [2.24, 2.45) is 7.05 Å². The molecule has 0 bridgehead atoms. The average molecular weight is 328 g/mol. The number of amides is 2. The van der Waals surface area contributed by atoms with E-state index in [0.29, 0.717) is 26.2 Å². The van der Waals surface area contributed by atoms with Crippen LogP contribution in [0, 0.1) is 0 Å². The largest absolute Gasteiger partial charge is 0.375 e. The van der Waals surface area contributed by atoms with Gasteiger partial charge in [0.2, 0.25) is 0 Å². The summed E-state index contributed by atoms with van der Waals surface area (Å²) in [6.07, 6.45) is 3.72. The third-order valence-electron chi connectivity index (χ3n) is 4.37. The van der Waals surface area contributed by atoms with Crippen LogP contribution in [0.15, 0.2) is 42.6 Å². The van der Waals surface area contributed by atoms with Crippen LogP contribution in [0.2, 0.25) is 0 Å². The van der Waals surface area contributed by atoms with Gasteiger partial charge in [0, 0.05) is 26.3 Å². The van der Waals surface area contributed by atoms with E-state index in [1.54, 1.807) is 10.9 Å². The van der Waals surface area contributed by atoms with E-state index in [4.69, 9.17) is 4.74 Å². The summed E-state index contributed by atoms with van der Waals surface area (Å²) in [6.45, 7) is 2.36. The van der Waals surface area contributed by atoms with E-state index in [9.17, 15) is 4.79 Å². The van der Waals surface area contributed by atoms with Crippen molar-refractivity contribution in [1.82, 2.24) is 20.0 Å². The van der Waals surface area contributed by atoms with Crippen molar-refractivity contribution < 1.29 is 9.53 Å². The molecule has 0 unspecified atom stereocenters. The zero-order valence-corrected chi connectivity index (χ0v) is 14.0. The molecule has 1 aliphatic rings. The van der Waals surface area contributed by atoms with E-state index >= 15 is 0 Å². The molecule has 6 heteroatoms. The first-order valence-electron chi connectivity index (χ1n) is 8.37. The Labute approximate surface area is 142 Å². The Kier molecular flexibility index (Phi) is 5.48. The summed E-state index contributed by atoms with van der Waals surface area (Å²) < 4.78 is 7.58. The molecule has 0 saturated carbocycles. The number of hydrogen-bond donors (Lipinski definition) is 1. The van der Waals surface area contributed by atoms with Gasteiger partial charge in [-0.15, -0.1) is 0 Å². The Hall–Kier alpha value is -2.34. The third kappa shape index (κ3) is 4.35.